The summed E-state index contributed by atoms with van der Waals surface area (Å²) in [5, 5.41) is 11.3. The first-order chi connectivity index (χ1) is 9.76. The molecule has 1 amide bonds. The van der Waals surface area contributed by atoms with Crippen molar-refractivity contribution in [2.45, 2.75) is 19.8 Å². The van der Waals surface area contributed by atoms with Gasteiger partial charge in [0.25, 0.3) is 5.91 Å². The van der Waals surface area contributed by atoms with Gasteiger partial charge in [-0.25, -0.2) is 0 Å². The number of nitrogens with one attached hydrogen (secondary N) is 1. The van der Waals surface area contributed by atoms with Gasteiger partial charge in [-0.15, -0.1) is 0 Å². The third-order valence-corrected chi connectivity index (χ3v) is 2.70. The maximum atomic E-state index is 11.5. The highest BCUT2D eigenvalue weighted by atomic mass is 16.5. The van der Waals surface area contributed by atoms with Crippen LogP contribution in [0.15, 0.2) is 24.3 Å². The number of carbonyl (C=O) groups excluding carboxylic acids is 1. The molecule has 0 saturated carbocycles. The van der Waals surface area contributed by atoms with Crippen LogP contribution in [0.2, 0.25) is 0 Å². The highest BCUT2D eigenvalue weighted by Gasteiger charge is 2.02. The van der Waals surface area contributed by atoms with Crippen molar-refractivity contribution in [1.29, 1.82) is 0 Å². The molecule has 0 aliphatic rings. The Morgan fingerprint density at radius 3 is 2.95 bits per heavy atom. The van der Waals surface area contributed by atoms with Crippen molar-refractivity contribution >= 4 is 5.91 Å². The predicted octanol–water partition coefficient (Wildman–Crippen LogP) is 1.14. The van der Waals surface area contributed by atoms with E-state index < -0.39 is 0 Å². The first-order valence-corrected chi connectivity index (χ1v) is 6.93. The van der Waals surface area contributed by atoms with Crippen LogP contribution < -0.4 is 10.1 Å². The van der Waals surface area contributed by atoms with Crippen LogP contribution in [0.1, 0.15) is 18.9 Å². The molecule has 2 N–H and O–H groups in total. The standard InChI is InChI=1S/C15H23NO4/c1-2-13-5-3-6-14(11-13)20-12-15(18)16-7-4-9-19-10-8-17/h3,5-6,11,17H,2,4,7-10,12H2,1H3,(H,16,18). The number of aryl methyl sites for hydroxylation is 1. The van der Waals surface area contributed by atoms with Gasteiger partial charge in [0.1, 0.15) is 5.75 Å². The number of amides is 1. The van der Waals surface area contributed by atoms with E-state index in [0.29, 0.717) is 25.5 Å². The summed E-state index contributed by atoms with van der Waals surface area (Å²) in [7, 11) is 0. The molecule has 0 aromatic heterocycles. The van der Waals surface area contributed by atoms with Crippen LogP contribution in [0.3, 0.4) is 0 Å². The Labute approximate surface area is 119 Å². The van der Waals surface area contributed by atoms with Crippen LogP contribution in [-0.4, -0.2) is 44.0 Å². The minimum Gasteiger partial charge on any atom is -0.484 e. The summed E-state index contributed by atoms with van der Waals surface area (Å²) in [5.41, 5.74) is 1.18. The maximum absolute atomic E-state index is 11.5. The van der Waals surface area contributed by atoms with E-state index in [2.05, 4.69) is 12.2 Å². The van der Waals surface area contributed by atoms with Gasteiger partial charge in [0.2, 0.25) is 0 Å². The molecule has 0 saturated heterocycles. The van der Waals surface area contributed by atoms with Gasteiger partial charge in [0, 0.05) is 13.2 Å². The zero-order valence-electron chi connectivity index (χ0n) is 11.9. The van der Waals surface area contributed by atoms with Crippen LogP contribution in [-0.2, 0) is 16.0 Å². The Balaban J connectivity index is 2.13. The minimum absolute atomic E-state index is 0.0185. The van der Waals surface area contributed by atoms with Crippen molar-refractivity contribution in [2.24, 2.45) is 0 Å². The fourth-order valence-electron chi connectivity index (χ4n) is 1.62. The van der Waals surface area contributed by atoms with E-state index in [4.69, 9.17) is 14.6 Å². The van der Waals surface area contributed by atoms with Gasteiger partial charge in [0.15, 0.2) is 6.61 Å². The van der Waals surface area contributed by atoms with Gasteiger partial charge >= 0.3 is 0 Å². The molecular formula is C15H23NO4. The second-order valence-electron chi connectivity index (χ2n) is 4.33. The molecule has 1 aromatic carbocycles. The molecule has 0 atom stereocenters. The summed E-state index contributed by atoms with van der Waals surface area (Å²) in [5.74, 6) is 0.569. The number of rotatable bonds is 10. The molecule has 0 aliphatic carbocycles. The summed E-state index contributed by atoms with van der Waals surface area (Å²) >= 11 is 0. The number of hydrogen-bond donors (Lipinski definition) is 2. The average molecular weight is 281 g/mol. The van der Waals surface area contributed by atoms with Crippen molar-refractivity contribution in [2.75, 3.05) is 33.0 Å². The Bertz CT molecular complexity index is 395. The Morgan fingerprint density at radius 1 is 1.35 bits per heavy atom. The van der Waals surface area contributed by atoms with Crippen LogP contribution in [0, 0.1) is 0 Å². The molecule has 0 heterocycles. The number of carbonyl (C=O) groups is 1. The normalized spacial score (nSPS) is 10.3. The zero-order chi connectivity index (χ0) is 14.6. The summed E-state index contributed by atoms with van der Waals surface area (Å²) in [6, 6.07) is 7.73. The van der Waals surface area contributed by atoms with E-state index in [1.54, 1.807) is 0 Å². The maximum Gasteiger partial charge on any atom is 0.257 e. The molecule has 5 heteroatoms. The lowest BCUT2D eigenvalue weighted by Crippen LogP contribution is -2.30. The largest absolute Gasteiger partial charge is 0.484 e. The molecule has 112 valence electrons. The lowest BCUT2D eigenvalue weighted by molar-refractivity contribution is -0.123. The van der Waals surface area contributed by atoms with Gasteiger partial charge in [-0.05, 0) is 30.5 Å². The second kappa shape index (κ2) is 10.2. The fourth-order valence-corrected chi connectivity index (χ4v) is 1.62. The molecule has 0 unspecified atom stereocenters. The summed E-state index contributed by atoms with van der Waals surface area (Å²) in [6.45, 7) is 3.53. The highest BCUT2D eigenvalue weighted by Crippen LogP contribution is 2.13. The Morgan fingerprint density at radius 2 is 2.20 bits per heavy atom. The highest BCUT2D eigenvalue weighted by molar-refractivity contribution is 5.77. The smallest absolute Gasteiger partial charge is 0.257 e. The molecule has 0 radical (unpaired) electrons. The summed E-state index contributed by atoms with van der Waals surface area (Å²) in [6.07, 6.45) is 1.66. The number of aliphatic hydroxyl groups is 1. The predicted molar refractivity (Wildman–Crippen MR) is 76.8 cm³/mol. The van der Waals surface area contributed by atoms with E-state index in [9.17, 15) is 4.79 Å². The van der Waals surface area contributed by atoms with Crippen molar-refractivity contribution in [3.8, 4) is 5.75 Å². The van der Waals surface area contributed by atoms with Gasteiger partial charge in [0.05, 0.1) is 13.2 Å². The lowest BCUT2D eigenvalue weighted by atomic mass is 10.2. The molecular weight excluding hydrogens is 258 g/mol. The Hall–Kier alpha value is -1.59. The summed E-state index contributed by atoms with van der Waals surface area (Å²) < 4.78 is 10.5. The van der Waals surface area contributed by atoms with E-state index in [-0.39, 0.29) is 19.1 Å². The van der Waals surface area contributed by atoms with Crippen molar-refractivity contribution in [3.05, 3.63) is 29.8 Å². The van der Waals surface area contributed by atoms with E-state index in [0.717, 1.165) is 12.8 Å². The topological polar surface area (TPSA) is 67.8 Å². The van der Waals surface area contributed by atoms with Crippen molar-refractivity contribution in [3.63, 3.8) is 0 Å². The van der Waals surface area contributed by atoms with E-state index in [1.165, 1.54) is 5.56 Å². The second-order valence-corrected chi connectivity index (χ2v) is 4.33. The third kappa shape index (κ3) is 7.11. The molecule has 20 heavy (non-hydrogen) atoms. The van der Waals surface area contributed by atoms with Crippen LogP contribution in [0.5, 0.6) is 5.75 Å². The zero-order valence-corrected chi connectivity index (χ0v) is 11.9. The van der Waals surface area contributed by atoms with Gasteiger partial charge < -0.3 is 19.9 Å². The number of benzene rings is 1. The van der Waals surface area contributed by atoms with Crippen LogP contribution in [0.4, 0.5) is 0 Å². The van der Waals surface area contributed by atoms with Crippen LogP contribution >= 0.6 is 0 Å². The molecule has 0 bridgehead atoms. The average Bonchev–Trinajstić information content (AvgIpc) is 2.49. The molecule has 5 nitrogen and oxygen atoms in total. The molecule has 0 spiro atoms. The van der Waals surface area contributed by atoms with E-state index >= 15 is 0 Å². The van der Waals surface area contributed by atoms with Crippen molar-refractivity contribution in [1.82, 2.24) is 5.32 Å². The third-order valence-electron chi connectivity index (χ3n) is 2.70. The van der Waals surface area contributed by atoms with Gasteiger partial charge in [-0.2, -0.15) is 0 Å². The molecule has 1 rings (SSSR count). The SMILES string of the molecule is CCc1cccc(OCC(=O)NCCCOCCO)c1. The summed E-state index contributed by atoms with van der Waals surface area (Å²) in [4.78, 5) is 11.5. The number of aliphatic hydroxyl groups excluding tert-OH is 1. The first-order valence-electron chi connectivity index (χ1n) is 6.93. The molecule has 0 fully saturated rings. The molecule has 0 aliphatic heterocycles. The lowest BCUT2D eigenvalue weighted by Gasteiger charge is -2.08. The molecule has 1 aromatic rings. The monoisotopic (exact) mass is 281 g/mol. The van der Waals surface area contributed by atoms with Gasteiger partial charge in [-0.3, -0.25) is 4.79 Å². The number of ether oxygens (including phenoxy) is 2. The van der Waals surface area contributed by atoms with E-state index in [1.807, 2.05) is 24.3 Å². The minimum atomic E-state index is -0.144. The quantitative estimate of drug-likeness (QED) is 0.631. The van der Waals surface area contributed by atoms with Gasteiger partial charge in [-0.1, -0.05) is 19.1 Å². The van der Waals surface area contributed by atoms with Crippen LogP contribution in [0.25, 0.3) is 0 Å². The van der Waals surface area contributed by atoms with Crippen molar-refractivity contribution < 1.29 is 19.4 Å². The Kier molecular flexibility index (Phi) is 8.42. The number of hydrogen-bond acceptors (Lipinski definition) is 4. The fraction of sp³-hybridized carbons (Fsp3) is 0.533. The first kappa shape index (κ1) is 16.5.